The molecule has 2 aromatic rings. The lowest BCUT2D eigenvalue weighted by atomic mass is 9.85. The van der Waals surface area contributed by atoms with Crippen LogP contribution >= 0.6 is 0 Å². The first-order chi connectivity index (χ1) is 8.47. The third-order valence-electron chi connectivity index (χ3n) is 3.12. The van der Waals surface area contributed by atoms with Crippen molar-refractivity contribution in [3.63, 3.8) is 0 Å². The molecule has 2 rings (SSSR count). The Morgan fingerprint density at radius 2 is 1.61 bits per heavy atom. The molecular weight excluding hydrogens is 220 g/mol. The Morgan fingerprint density at radius 1 is 0.944 bits per heavy atom. The van der Waals surface area contributed by atoms with Crippen LogP contribution < -0.4 is 0 Å². The van der Waals surface area contributed by atoms with Gasteiger partial charge in [-0.2, -0.15) is 10.5 Å². The summed E-state index contributed by atoms with van der Waals surface area (Å²) in [5.41, 5.74) is 2.11. The normalized spacial score (nSPS) is 10.9. The molecule has 0 saturated heterocycles. The molecule has 0 amide bonds. The fourth-order valence-electron chi connectivity index (χ4n) is 2.00. The highest BCUT2D eigenvalue weighted by molar-refractivity contribution is 5.90. The number of nitrogens with zero attached hydrogens (tertiary/aromatic N) is 2. The van der Waals surface area contributed by atoms with Crippen LogP contribution in [0, 0.1) is 22.7 Å². The van der Waals surface area contributed by atoms with Gasteiger partial charge < -0.3 is 0 Å². The van der Waals surface area contributed by atoms with Crippen LogP contribution in [-0.4, -0.2) is 0 Å². The van der Waals surface area contributed by atoms with Crippen molar-refractivity contribution in [2.75, 3.05) is 0 Å². The molecule has 2 heteroatoms. The third kappa shape index (κ3) is 1.94. The van der Waals surface area contributed by atoms with Crippen LogP contribution in [-0.2, 0) is 5.41 Å². The van der Waals surface area contributed by atoms with E-state index in [1.54, 1.807) is 6.07 Å². The van der Waals surface area contributed by atoms with Gasteiger partial charge in [-0.05, 0) is 28.5 Å². The highest BCUT2D eigenvalue weighted by atomic mass is 14.3. The summed E-state index contributed by atoms with van der Waals surface area (Å²) in [6, 6.07) is 13.9. The number of nitriles is 2. The summed E-state index contributed by atoms with van der Waals surface area (Å²) in [4.78, 5) is 0. The van der Waals surface area contributed by atoms with Crippen molar-refractivity contribution >= 4 is 10.8 Å². The molecule has 2 aromatic carbocycles. The highest BCUT2D eigenvalue weighted by Crippen LogP contribution is 2.28. The molecule has 2 nitrogen and oxygen atoms in total. The van der Waals surface area contributed by atoms with E-state index in [-0.39, 0.29) is 5.41 Å². The van der Waals surface area contributed by atoms with E-state index in [0.29, 0.717) is 11.1 Å². The number of hydrogen-bond donors (Lipinski definition) is 0. The van der Waals surface area contributed by atoms with E-state index < -0.39 is 0 Å². The van der Waals surface area contributed by atoms with Crippen molar-refractivity contribution in [2.24, 2.45) is 0 Å². The Morgan fingerprint density at radius 3 is 2.17 bits per heavy atom. The standard InChI is InChI=1S/C16H14N2/c1-16(2,3)13-7-6-11-4-5-12(9-17)15(10-18)14(11)8-13/h4-8H,1-3H3. The molecule has 0 aromatic heterocycles. The predicted molar refractivity (Wildman–Crippen MR) is 72.1 cm³/mol. The van der Waals surface area contributed by atoms with E-state index in [9.17, 15) is 5.26 Å². The van der Waals surface area contributed by atoms with Gasteiger partial charge in [-0.15, -0.1) is 0 Å². The quantitative estimate of drug-likeness (QED) is 0.694. The summed E-state index contributed by atoms with van der Waals surface area (Å²) in [6.45, 7) is 6.40. The number of benzene rings is 2. The first kappa shape index (κ1) is 12.1. The Kier molecular flexibility index (Phi) is 2.81. The molecule has 18 heavy (non-hydrogen) atoms. The zero-order valence-corrected chi connectivity index (χ0v) is 10.8. The molecule has 0 N–H and O–H groups in total. The largest absolute Gasteiger partial charge is 0.192 e. The highest BCUT2D eigenvalue weighted by Gasteiger charge is 2.15. The monoisotopic (exact) mass is 234 g/mol. The molecule has 0 saturated carbocycles. The Balaban J connectivity index is 2.84. The maximum Gasteiger partial charge on any atom is 0.101 e. The zero-order valence-electron chi connectivity index (χ0n) is 10.8. The summed E-state index contributed by atoms with van der Waals surface area (Å²) in [5.74, 6) is 0. The van der Waals surface area contributed by atoms with Crippen molar-refractivity contribution in [3.05, 3.63) is 47.0 Å². The molecule has 0 radical (unpaired) electrons. The fraction of sp³-hybridized carbons (Fsp3) is 0.250. The first-order valence-electron chi connectivity index (χ1n) is 5.85. The summed E-state index contributed by atoms with van der Waals surface area (Å²) < 4.78 is 0. The molecule has 0 atom stereocenters. The van der Waals surface area contributed by atoms with Crippen molar-refractivity contribution in [3.8, 4) is 12.1 Å². The molecule has 0 spiro atoms. The molecule has 0 aliphatic rings. The van der Waals surface area contributed by atoms with Gasteiger partial charge in [0.1, 0.15) is 12.1 Å². The van der Waals surface area contributed by atoms with Gasteiger partial charge in [0.15, 0.2) is 0 Å². The van der Waals surface area contributed by atoms with Gasteiger partial charge in [-0.3, -0.25) is 0 Å². The van der Waals surface area contributed by atoms with Crippen LogP contribution in [0.25, 0.3) is 10.8 Å². The van der Waals surface area contributed by atoms with Crippen molar-refractivity contribution < 1.29 is 0 Å². The van der Waals surface area contributed by atoms with E-state index in [1.807, 2.05) is 18.2 Å². The fourth-order valence-corrected chi connectivity index (χ4v) is 2.00. The first-order valence-corrected chi connectivity index (χ1v) is 5.85. The van der Waals surface area contributed by atoms with Crippen LogP contribution in [0.1, 0.15) is 37.5 Å². The van der Waals surface area contributed by atoms with Gasteiger partial charge >= 0.3 is 0 Å². The van der Waals surface area contributed by atoms with Gasteiger partial charge in [0, 0.05) is 5.39 Å². The average Bonchev–Trinajstić information content (AvgIpc) is 2.35. The summed E-state index contributed by atoms with van der Waals surface area (Å²) in [6.07, 6.45) is 0. The van der Waals surface area contributed by atoms with Crippen LogP contribution in [0.3, 0.4) is 0 Å². The topological polar surface area (TPSA) is 47.6 Å². The van der Waals surface area contributed by atoms with E-state index in [4.69, 9.17) is 5.26 Å². The maximum atomic E-state index is 9.24. The molecule has 0 unspecified atom stereocenters. The van der Waals surface area contributed by atoms with Crippen LogP contribution in [0.4, 0.5) is 0 Å². The Hall–Kier alpha value is -2.32. The number of fused-ring (bicyclic) bond motifs is 1. The van der Waals surface area contributed by atoms with Crippen molar-refractivity contribution in [1.29, 1.82) is 10.5 Å². The van der Waals surface area contributed by atoms with Gasteiger partial charge in [-0.1, -0.05) is 39.0 Å². The van der Waals surface area contributed by atoms with E-state index in [1.165, 1.54) is 5.56 Å². The third-order valence-corrected chi connectivity index (χ3v) is 3.12. The number of hydrogen-bond acceptors (Lipinski definition) is 2. The smallest absolute Gasteiger partial charge is 0.101 e. The summed E-state index contributed by atoms with van der Waals surface area (Å²) in [7, 11) is 0. The maximum absolute atomic E-state index is 9.24. The lowest BCUT2D eigenvalue weighted by Crippen LogP contribution is -2.10. The molecule has 88 valence electrons. The summed E-state index contributed by atoms with van der Waals surface area (Å²) in [5, 5.41) is 20.1. The Bertz CT molecular complexity index is 692. The van der Waals surface area contributed by atoms with Gasteiger partial charge in [-0.25, -0.2) is 0 Å². The molecule has 0 bridgehead atoms. The molecule has 0 aliphatic heterocycles. The minimum Gasteiger partial charge on any atom is -0.192 e. The lowest BCUT2D eigenvalue weighted by molar-refractivity contribution is 0.591. The lowest BCUT2D eigenvalue weighted by Gasteiger charge is -2.19. The summed E-state index contributed by atoms with van der Waals surface area (Å²) >= 11 is 0. The van der Waals surface area contributed by atoms with E-state index >= 15 is 0 Å². The van der Waals surface area contributed by atoms with Crippen LogP contribution in [0.2, 0.25) is 0 Å². The van der Waals surface area contributed by atoms with Crippen LogP contribution in [0.5, 0.6) is 0 Å². The van der Waals surface area contributed by atoms with Gasteiger partial charge in [0.2, 0.25) is 0 Å². The van der Waals surface area contributed by atoms with E-state index in [2.05, 4.69) is 39.0 Å². The van der Waals surface area contributed by atoms with Crippen molar-refractivity contribution in [2.45, 2.75) is 26.2 Å². The molecule has 0 heterocycles. The molecular formula is C16H14N2. The van der Waals surface area contributed by atoms with Gasteiger partial charge in [0.05, 0.1) is 11.1 Å². The number of rotatable bonds is 0. The Labute approximate surface area is 107 Å². The SMILES string of the molecule is CC(C)(C)c1ccc2ccc(C#N)c(C#N)c2c1. The van der Waals surface area contributed by atoms with E-state index in [0.717, 1.165) is 10.8 Å². The van der Waals surface area contributed by atoms with Crippen molar-refractivity contribution in [1.82, 2.24) is 0 Å². The molecule has 0 aliphatic carbocycles. The minimum absolute atomic E-state index is 0.0313. The zero-order chi connectivity index (χ0) is 13.3. The minimum atomic E-state index is 0.0313. The molecule has 0 fully saturated rings. The van der Waals surface area contributed by atoms with Gasteiger partial charge in [0.25, 0.3) is 0 Å². The van der Waals surface area contributed by atoms with Crippen LogP contribution in [0.15, 0.2) is 30.3 Å². The predicted octanol–water partition coefficient (Wildman–Crippen LogP) is 3.88. The second kappa shape index (κ2) is 4.17. The second-order valence-electron chi connectivity index (χ2n) is 5.40. The average molecular weight is 234 g/mol. The second-order valence-corrected chi connectivity index (χ2v) is 5.40.